The Morgan fingerprint density at radius 2 is 1.65 bits per heavy atom. The zero-order chi connectivity index (χ0) is 24.7. The molecule has 8 nitrogen and oxygen atoms in total. The second-order valence-electron chi connectivity index (χ2n) is 7.81. The number of hydrogen-bond acceptors (Lipinski definition) is 4. The summed E-state index contributed by atoms with van der Waals surface area (Å²) in [5.74, 6) is -2.53. The number of carbonyl (C=O) groups excluding carboxylic acids is 3. The standard InChI is InChI=1S/C25H20ClN3O5/c1-14-11-17(15(2)28(14)21-13-16(24(32)33)9-10-20(21)26)12-19-22(30)27(3)25(34)29(23(19)31)18-7-5-4-6-8-18/h4-13H,1-3H3,(H,32,33)/b19-12+. The van der Waals surface area contributed by atoms with Crippen LogP contribution in [0.4, 0.5) is 10.5 Å². The van der Waals surface area contributed by atoms with E-state index in [2.05, 4.69) is 0 Å². The summed E-state index contributed by atoms with van der Waals surface area (Å²) < 4.78 is 1.75. The van der Waals surface area contributed by atoms with Crippen molar-refractivity contribution in [2.75, 3.05) is 11.9 Å². The number of anilines is 1. The van der Waals surface area contributed by atoms with E-state index >= 15 is 0 Å². The van der Waals surface area contributed by atoms with Crippen molar-refractivity contribution in [3.05, 3.63) is 87.7 Å². The summed E-state index contributed by atoms with van der Waals surface area (Å²) in [6, 6.07) is 13.8. The van der Waals surface area contributed by atoms with Crippen molar-refractivity contribution in [2.45, 2.75) is 13.8 Å². The number of carbonyl (C=O) groups is 4. The van der Waals surface area contributed by atoms with Crippen LogP contribution in [0.3, 0.4) is 0 Å². The van der Waals surface area contributed by atoms with Gasteiger partial charge in [0.1, 0.15) is 5.57 Å². The maximum Gasteiger partial charge on any atom is 0.338 e. The average molecular weight is 478 g/mol. The third-order valence-corrected chi connectivity index (χ3v) is 5.98. The van der Waals surface area contributed by atoms with Crippen molar-refractivity contribution >= 4 is 47.2 Å². The number of carboxylic acids is 1. The van der Waals surface area contributed by atoms with Crippen LogP contribution in [-0.2, 0) is 9.59 Å². The molecule has 2 aromatic carbocycles. The first-order chi connectivity index (χ1) is 16.1. The number of halogens is 1. The van der Waals surface area contributed by atoms with E-state index in [-0.39, 0.29) is 11.1 Å². The molecule has 1 fully saturated rings. The van der Waals surface area contributed by atoms with Crippen LogP contribution < -0.4 is 4.90 Å². The molecule has 1 saturated heterocycles. The van der Waals surface area contributed by atoms with Crippen LogP contribution in [0.5, 0.6) is 0 Å². The van der Waals surface area contributed by atoms with Crippen LogP contribution in [0.2, 0.25) is 5.02 Å². The van der Waals surface area contributed by atoms with E-state index in [0.29, 0.717) is 33.3 Å². The van der Waals surface area contributed by atoms with E-state index in [4.69, 9.17) is 11.6 Å². The lowest BCUT2D eigenvalue weighted by Gasteiger charge is -2.31. The highest BCUT2D eigenvalue weighted by molar-refractivity contribution is 6.39. The highest BCUT2D eigenvalue weighted by Crippen LogP contribution is 2.30. The van der Waals surface area contributed by atoms with E-state index in [1.165, 1.54) is 31.3 Å². The van der Waals surface area contributed by atoms with Gasteiger partial charge in [-0.1, -0.05) is 29.8 Å². The predicted molar refractivity (Wildman–Crippen MR) is 127 cm³/mol. The van der Waals surface area contributed by atoms with Crippen molar-refractivity contribution in [1.29, 1.82) is 0 Å². The molecule has 1 N–H and O–H groups in total. The van der Waals surface area contributed by atoms with Gasteiger partial charge < -0.3 is 9.67 Å². The van der Waals surface area contributed by atoms with E-state index in [0.717, 1.165) is 9.80 Å². The number of rotatable bonds is 4. The molecule has 0 saturated carbocycles. The number of imide groups is 2. The van der Waals surface area contributed by atoms with Gasteiger partial charge in [-0.15, -0.1) is 0 Å². The van der Waals surface area contributed by atoms with Crippen LogP contribution in [0.15, 0.2) is 60.2 Å². The molecule has 1 aliphatic heterocycles. The monoisotopic (exact) mass is 477 g/mol. The van der Waals surface area contributed by atoms with Gasteiger partial charge in [0.2, 0.25) is 0 Å². The second-order valence-corrected chi connectivity index (χ2v) is 8.22. The number of hydrogen-bond donors (Lipinski definition) is 1. The molecule has 1 aliphatic rings. The summed E-state index contributed by atoms with van der Waals surface area (Å²) in [6.45, 7) is 3.57. The van der Waals surface area contributed by atoms with Crippen LogP contribution in [0.25, 0.3) is 11.8 Å². The quantitative estimate of drug-likeness (QED) is 0.442. The highest BCUT2D eigenvalue weighted by atomic mass is 35.5. The number of carboxylic acid groups (broad SMARTS) is 1. The first-order valence-electron chi connectivity index (χ1n) is 10.3. The van der Waals surface area contributed by atoms with Gasteiger partial charge in [-0.25, -0.2) is 14.5 Å². The highest BCUT2D eigenvalue weighted by Gasteiger charge is 2.41. The lowest BCUT2D eigenvalue weighted by Crippen LogP contribution is -2.55. The molecule has 0 spiro atoms. The topological polar surface area (TPSA) is 99.9 Å². The average Bonchev–Trinajstić information content (AvgIpc) is 3.09. The molecule has 0 unspecified atom stereocenters. The first-order valence-corrected chi connectivity index (χ1v) is 10.6. The fraction of sp³-hybridized carbons (Fsp3) is 0.120. The number of aromatic carboxylic acids is 1. The number of aryl methyl sites for hydroxylation is 1. The third-order valence-electron chi connectivity index (χ3n) is 5.67. The van der Waals surface area contributed by atoms with E-state index < -0.39 is 23.8 Å². The number of benzene rings is 2. The molecule has 9 heteroatoms. The fourth-order valence-electron chi connectivity index (χ4n) is 3.92. The van der Waals surface area contributed by atoms with Crippen molar-refractivity contribution in [1.82, 2.24) is 9.47 Å². The Hall–Kier alpha value is -4.17. The molecule has 4 rings (SSSR count). The number of amides is 4. The van der Waals surface area contributed by atoms with Gasteiger partial charge in [0.05, 0.1) is 22.0 Å². The Labute approximate surface area is 200 Å². The van der Waals surface area contributed by atoms with Crippen LogP contribution in [0, 0.1) is 13.8 Å². The SMILES string of the molecule is Cc1cc(/C=C2\C(=O)N(C)C(=O)N(c3ccccc3)C2=O)c(C)n1-c1cc(C(=O)O)ccc1Cl. The van der Waals surface area contributed by atoms with Crippen molar-refractivity contribution in [3.63, 3.8) is 0 Å². The lowest BCUT2D eigenvalue weighted by molar-refractivity contribution is -0.128. The summed E-state index contributed by atoms with van der Waals surface area (Å²) in [4.78, 5) is 52.1. The van der Waals surface area contributed by atoms with E-state index in [1.54, 1.807) is 54.8 Å². The molecule has 34 heavy (non-hydrogen) atoms. The maximum absolute atomic E-state index is 13.2. The number of barbiturate groups is 1. The van der Waals surface area contributed by atoms with Crippen molar-refractivity contribution in [3.8, 4) is 5.69 Å². The predicted octanol–water partition coefficient (Wildman–Crippen LogP) is 4.45. The Kier molecular flexibility index (Phi) is 5.85. The molecular formula is C25H20ClN3O5. The summed E-state index contributed by atoms with van der Waals surface area (Å²) >= 11 is 6.36. The number of urea groups is 1. The van der Waals surface area contributed by atoms with E-state index in [1.807, 2.05) is 0 Å². The summed E-state index contributed by atoms with van der Waals surface area (Å²) in [6.07, 6.45) is 1.44. The fourth-order valence-corrected chi connectivity index (χ4v) is 4.12. The molecule has 0 aliphatic carbocycles. The summed E-state index contributed by atoms with van der Waals surface area (Å²) in [5, 5.41) is 9.70. The Balaban J connectivity index is 1.83. The minimum Gasteiger partial charge on any atom is -0.478 e. The van der Waals surface area contributed by atoms with Gasteiger partial charge in [-0.2, -0.15) is 0 Å². The van der Waals surface area contributed by atoms with Crippen LogP contribution in [-0.4, -0.2) is 45.4 Å². The minimum atomic E-state index is -1.09. The van der Waals surface area contributed by atoms with Crippen LogP contribution in [0.1, 0.15) is 27.3 Å². The molecule has 1 aromatic heterocycles. The number of nitrogens with zero attached hydrogens (tertiary/aromatic N) is 3. The zero-order valence-corrected chi connectivity index (χ0v) is 19.3. The lowest BCUT2D eigenvalue weighted by atomic mass is 10.1. The van der Waals surface area contributed by atoms with E-state index in [9.17, 15) is 24.3 Å². The van der Waals surface area contributed by atoms with Gasteiger partial charge in [0, 0.05) is 18.4 Å². The van der Waals surface area contributed by atoms with Gasteiger partial charge in [-0.05, 0) is 61.9 Å². The normalized spacial score (nSPS) is 15.4. The molecule has 3 aromatic rings. The third kappa shape index (κ3) is 3.78. The largest absolute Gasteiger partial charge is 0.478 e. The maximum atomic E-state index is 13.2. The molecule has 0 bridgehead atoms. The van der Waals surface area contributed by atoms with Crippen molar-refractivity contribution < 1.29 is 24.3 Å². The molecule has 4 amide bonds. The van der Waals surface area contributed by atoms with Crippen LogP contribution >= 0.6 is 11.6 Å². The molecule has 0 radical (unpaired) electrons. The zero-order valence-electron chi connectivity index (χ0n) is 18.6. The number of para-hydroxylation sites is 1. The molecule has 172 valence electrons. The molecule has 2 heterocycles. The Morgan fingerprint density at radius 3 is 2.29 bits per heavy atom. The number of likely N-dealkylation sites (N-methyl/N-ethyl adjacent to an activating group) is 1. The van der Waals surface area contributed by atoms with Gasteiger partial charge in [-0.3, -0.25) is 14.5 Å². The van der Waals surface area contributed by atoms with Gasteiger partial charge >= 0.3 is 12.0 Å². The summed E-state index contributed by atoms with van der Waals surface area (Å²) in [5.41, 5.74) is 2.63. The molecule has 0 atom stereocenters. The summed E-state index contributed by atoms with van der Waals surface area (Å²) in [7, 11) is 1.32. The Morgan fingerprint density at radius 1 is 0.971 bits per heavy atom. The van der Waals surface area contributed by atoms with Gasteiger partial charge in [0.25, 0.3) is 11.8 Å². The van der Waals surface area contributed by atoms with Gasteiger partial charge in [0.15, 0.2) is 0 Å². The Bertz CT molecular complexity index is 1390. The first kappa shape index (κ1) is 23.0. The smallest absolute Gasteiger partial charge is 0.338 e. The minimum absolute atomic E-state index is 0.0723. The number of aromatic nitrogens is 1. The second kappa shape index (κ2) is 8.64. The molecular weight excluding hydrogens is 458 g/mol. The van der Waals surface area contributed by atoms with Crippen molar-refractivity contribution in [2.24, 2.45) is 0 Å².